The Morgan fingerprint density at radius 1 is 1.26 bits per heavy atom. The van der Waals surface area contributed by atoms with Gasteiger partial charge in [0.15, 0.2) is 0 Å². The molecule has 2 aromatic rings. The molecule has 3 aliphatic rings. The third-order valence-electron chi connectivity index (χ3n) is 7.67. The van der Waals surface area contributed by atoms with Crippen molar-refractivity contribution in [1.82, 2.24) is 20.5 Å². The average Bonchev–Trinajstić information content (AvgIpc) is 3.37. The molecule has 3 fully saturated rings. The van der Waals surface area contributed by atoms with Crippen molar-refractivity contribution >= 4 is 22.7 Å². The maximum absolute atomic E-state index is 14.1. The summed E-state index contributed by atoms with van der Waals surface area (Å²) in [6.07, 6.45) is 7.00. The molecule has 2 saturated heterocycles. The lowest BCUT2D eigenvalue weighted by molar-refractivity contribution is -0.131. The molecule has 1 aliphatic carbocycles. The van der Waals surface area contributed by atoms with Crippen LogP contribution in [0, 0.1) is 18.2 Å². The molecule has 1 aromatic heterocycles. The quantitative estimate of drug-likeness (QED) is 0.705. The minimum Gasteiger partial charge on any atom is -0.356 e. The highest BCUT2D eigenvalue weighted by molar-refractivity contribution is 5.99. The Kier molecular flexibility index (Phi) is 5.24. The van der Waals surface area contributed by atoms with E-state index in [4.69, 9.17) is 0 Å². The van der Waals surface area contributed by atoms with Crippen molar-refractivity contribution in [3.63, 3.8) is 0 Å². The van der Waals surface area contributed by atoms with Crippen LogP contribution in [-0.4, -0.2) is 53.4 Å². The molecule has 1 unspecified atom stereocenters. The summed E-state index contributed by atoms with van der Waals surface area (Å²) >= 11 is 0. The minimum absolute atomic E-state index is 0.0962. The predicted octanol–water partition coefficient (Wildman–Crippen LogP) is 3.26. The number of halogens is 1. The highest BCUT2D eigenvalue weighted by Crippen LogP contribution is 2.39. The van der Waals surface area contributed by atoms with E-state index < -0.39 is 0 Å². The van der Waals surface area contributed by atoms with Crippen LogP contribution in [0.1, 0.15) is 61.0 Å². The standard InChI is InChI=1S/C24H31FN4O2/c1-15-6-7-19(25)18-13-20(28-21(15)18)22(30)27-16-4-2-5-17(12-16)29-11-3-8-24(14-29)9-10-26-23(24)31/h6-7,13,16-17,28H,2-5,8-12,14H2,1H3,(H,26,31)(H,27,30)/t16-,17-,24?/m1/s1. The molecule has 1 saturated carbocycles. The molecule has 1 spiro atoms. The molecule has 0 bridgehead atoms. The number of likely N-dealkylation sites (tertiary alicyclic amines) is 1. The van der Waals surface area contributed by atoms with Gasteiger partial charge in [-0.25, -0.2) is 4.39 Å². The minimum atomic E-state index is -0.316. The molecule has 2 aliphatic heterocycles. The fraction of sp³-hybridized carbons (Fsp3) is 0.583. The second-order valence-electron chi connectivity index (χ2n) is 9.69. The zero-order valence-electron chi connectivity index (χ0n) is 18.1. The van der Waals surface area contributed by atoms with Gasteiger partial charge in [0.1, 0.15) is 11.5 Å². The Morgan fingerprint density at radius 2 is 2.13 bits per heavy atom. The van der Waals surface area contributed by atoms with Gasteiger partial charge in [0.25, 0.3) is 5.91 Å². The number of carbonyl (C=O) groups is 2. The van der Waals surface area contributed by atoms with E-state index in [9.17, 15) is 14.0 Å². The third kappa shape index (κ3) is 3.73. The second-order valence-corrected chi connectivity index (χ2v) is 9.69. The van der Waals surface area contributed by atoms with E-state index in [1.165, 1.54) is 6.07 Å². The molecule has 31 heavy (non-hydrogen) atoms. The summed E-state index contributed by atoms with van der Waals surface area (Å²) in [6, 6.07) is 5.26. The number of H-pyrrole nitrogens is 1. The fourth-order valence-corrected chi connectivity index (χ4v) is 5.92. The first-order valence-corrected chi connectivity index (χ1v) is 11.6. The molecule has 5 rings (SSSR count). The molecule has 2 amide bonds. The van der Waals surface area contributed by atoms with Gasteiger partial charge in [-0.15, -0.1) is 0 Å². The number of amides is 2. The molecular formula is C24H31FN4O2. The summed E-state index contributed by atoms with van der Waals surface area (Å²) in [7, 11) is 0. The number of aromatic amines is 1. The summed E-state index contributed by atoms with van der Waals surface area (Å²) in [5.74, 6) is -0.270. The van der Waals surface area contributed by atoms with E-state index >= 15 is 0 Å². The van der Waals surface area contributed by atoms with Crippen LogP contribution in [0.2, 0.25) is 0 Å². The number of nitrogens with one attached hydrogen (secondary N) is 3. The van der Waals surface area contributed by atoms with Gasteiger partial charge in [-0.1, -0.05) is 6.07 Å². The van der Waals surface area contributed by atoms with Crippen molar-refractivity contribution in [3.8, 4) is 0 Å². The topological polar surface area (TPSA) is 77.2 Å². The molecule has 1 aromatic carbocycles. The van der Waals surface area contributed by atoms with Crippen LogP contribution < -0.4 is 10.6 Å². The van der Waals surface area contributed by atoms with Crippen molar-refractivity contribution in [1.29, 1.82) is 0 Å². The first kappa shape index (κ1) is 20.5. The summed E-state index contributed by atoms with van der Waals surface area (Å²) in [5, 5.41) is 6.66. The lowest BCUT2D eigenvalue weighted by atomic mass is 9.77. The predicted molar refractivity (Wildman–Crippen MR) is 117 cm³/mol. The summed E-state index contributed by atoms with van der Waals surface area (Å²) in [6.45, 7) is 4.56. The van der Waals surface area contributed by atoms with E-state index in [2.05, 4.69) is 20.5 Å². The lowest BCUT2D eigenvalue weighted by Crippen LogP contribution is -2.53. The van der Waals surface area contributed by atoms with Crippen molar-refractivity contribution in [2.24, 2.45) is 5.41 Å². The largest absolute Gasteiger partial charge is 0.356 e. The molecular weight excluding hydrogens is 395 g/mol. The van der Waals surface area contributed by atoms with E-state index in [1.54, 1.807) is 12.1 Å². The first-order chi connectivity index (χ1) is 14.9. The van der Waals surface area contributed by atoms with Crippen LogP contribution in [0.4, 0.5) is 4.39 Å². The molecule has 166 valence electrons. The Labute approximate surface area is 181 Å². The average molecular weight is 427 g/mol. The van der Waals surface area contributed by atoms with Gasteiger partial charge in [0.05, 0.1) is 10.9 Å². The van der Waals surface area contributed by atoms with Crippen molar-refractivity contribution in [2.45, 2.75) is 64.0 Å². The number of aryl methyl sites for hydroxylation is 1. The van der Waals surface area contributed by atoms with Crippen LogP contribution in [0.5, 0.6) is 0 Å². The van der Waals surface area contributed by atoms with Crippen LogP contribution in [0.25, 0.3) is 10.9 Å². The van der Waals surface area contributed by atoms with Crippen molar-refractivity contribution in [3.05, 3.63) is 35.3 Å². The SMILES string of the molecule is Cc1ccc(F)c2cc(C(=O)N[C@@H]3CCC[C@@H](N4CCCC5(CCNC5=O)C4)C3)[nH]c12. The van der Waals surface area contributed by atoms with Crippen molar-refractivity contribution in [2.75, 3.05) is 19.6 Å². The molecule has 3 N–H and O–H groups in total. The first-order valence-electron chi connectivity index (χ1n) is 11.6. The van der Waals surface area contributed by atoms with Gasteiger partial charge in [0.2, 0.25) is 5.91 Å². The summed E-state index contributed by atoms with van der Waals surface area (Å²) in [5.41, 5.74) is 1.80. The molecule has 6 nitrogen and oxygen atoms in total. The number of hydrogen-bond donors (Lipinski definition) is 3. The van der Waals surface area contributed by atoms with Gasteiger partial charge < -0.3 is 15.6 Å². The van der Waals surface area contributed by atoms with Gasteiger partial charge in [-0.05, 0) is 76.1 Å². The Hall–Kier alpha value is -2.41. The monoisotopic (exact) mass is 426 g/mol. The van der Waals surface area contributed by atoms with Crippen LogP contribution in [0.15, 0.2) is 18.2 Å². The number of nitrogens with zero attached hydrogens (tertiary/aromatic N) is 1. The molecule has 3 atom stereocenters. The van der Waals surface area contributed by atoms with Gasteiger partial charge in [0, 0.05) is 30.6 Å². The van der Waals surface area contributed by atoms with Gasteiger partial charge in [-0.3, -0.25) is 14.5 Å². The molecule has 3 heterocycles. The zero-order chi connectivity index (χ0) is 21.6. The van der Waals surface area contributed by atoms with Crippen LogP contribution in [-0.2, 0) is 4.79 Å². The number of fused-ring (bicyclic) bond motifs is 1. The van der Waals surface area contributed by atoms with Crippen molar-refractivity contribution < 1.29 is 14.0 Å². The van der Waals surface area contributed by atoms with Gasteiger partial charge >= 0.3 is 0 Å². The number of benzene rings is 1. The fourth-order valence-electron chi connectivity index (χ4n) is 5.92. The number of carbonyl (C=O) groups excluding carboxylic acids is 2. The van der Waals surface area contributed by atoms with Crippen LogP contribution >= 0.6 is 0 Å². The third-order valence-corrected chi connectivity index (χ3v) is 7.67. The zero-order valence-corrected chi connectivity index (χ0v) is 18.1. The highest BCUT2D eigenvalue weighted by Gasteiger charge is 2.46. The number of rotatable bonds is 3. The number of hydrogen-bond acceptors (Lipinski definition) is 3. The smallest absolute Gasteiger partial charge is 0.267 e. The summed E-state index contributed by atoms with van der Waals surface area (Å²) in [4.78, 5) is 30.9. The second kappa shape index (κ2) is 7.93. The maximum atomic E-state index is 14.1. The summed E-state index contributed by atoms with van der Waals surface area (Å²) < 4.78 is 14.1. The van der Waals surface area contributed by atoms with Crippen LogP contribution in [0.3, 0.4) is 0 Å². The maximum Gasteiger partial charge on any atom is 0.267 e. The number of aromatic nitrogens is 1. The molecule has 7 heteroatoms. The Bertz CT molecular complexity index is 979. The number of piperidine rings is 1. The highest BCUT2D eigenvalue weighted by atomic mass is 19.1. The Morgan fingerprint density at radius 3 is 2.90 bits per heavy atom. The normalized spacial score (nSPS) is 29.4. The van der Waals surface area contributed by atoms with Gasteiger partial charge in [-0.2, -0.15) is 0 Å². The Balaban J connectivity index is 1.26. The van der Waals surface area contributed by atoms with E-state index in [1.807, 2.05) is 6.92 Å². The molecule has 0 radical (unpaired) electrons. The lowest BCUT2D eigenvalue weighted by Gasteiger charge is -2.45. The van der Waals surface area contributed by atoms with E-state index in [0.717, 1.165) is 70.1 Å². The van der Waals surface area contributed by atoms with E-state index in [0.29, 0.717) is 22.6 Å². The van der Waals surface area contributed by atoms with E-state index in [-0.39, 0.29) is 29.1 Å².